The summed E-state index contributed by atoms with van der Waals surface area (Å²) in [7, 11) is 0. The molecule has 1 aliphatic rings. The molecule has 6 heteroatoms. The fourth-order valence-electron chi connectivity index (χ4n) is 3.69. The molecule has 0 unspecified atom stereocenters. The second kappa shape index (κ2) is 7.26. The number of aryl methyl sites for hydroxylation is 2. The molecule has 0 atom stereocenters. The number of carbonyl (C=O) groups is 1. The number of fused-ring (bicyclic) bond motifs is 1. The zero-order valence-electron chi connectivity index (χ0n) is 16.8. The van der Waals surface area contributed by atoms with Gasteiger partial charge < -0.3 is 5.32 Å². The highest BCUT2D eigenvalue weighted by atomic mass is 35.5. The molecule has 1 amide bonds. The predicted octanol–water partition coefficient (Wildman–Crippen LogP) is 5.82. The number of pyridine rings is 1. The third-order valence-electron chi connectivity index (χ3n) is 5.47. The van der Waals surface area contributed by atoms with Crippen molar-refractivity contribution in [2.75, 3.05) is 5.32 Å². The number of aromatic nitrogens is 3. The van der Waals surface area contributed by atoms with Crippen molar-refractivity contribution in [3.05, 3.63) is 82.1 Å². The maximum absolute atomic E-state index is 13.3. The van der Waals surface area contributed by atoms with Gasteiger partial charge in [0.15, 0.2) is 5.65 Å². The zero-order chi connectivity index (χ0) is 20.8. The van der Waals surface area contributed by atoms with Crippen molar-refractivity contribution in [3.8, 4) is 5.69 Å². The van der Waals surface area contributed by atoms with Gasteiger partial charge in [0.25, 0.3) is 5.91 Å². The number of nitrogens with one attached hydrogen (secondary N) is 1. The summed E-state index contributed by atoms with van der Waals surface area (Å²) in [5.74, 6) is 0.201. The van der Waals surface area contributed by atoms with Crippen molar-refractivity contribution >= 4 is 34.2 Å². The van der Waals surface area contributed by atoms with Crippen molar-refractivity contribution in [3.63, 3.8) is 0 Å². The summed E-state index contributed by atoms with van der Waals surface area (Å²) in [6, 6.07) is 17.3. The van der Waals surface area contributed by atoms with Crippen LogP contribution < -0.4 is 5.32 Å². The molecule has 2 aromatic heterocycles. The molecule has 0 bridgehead atoms. The Morgan fingerprint density at radius 3 is 2.53 bits per heavy atom. The summed E-state index contributed by atoms with van der Waals surface area (Å²) in [5, 5.41) is 8.95. The van der Waals surface area contributed by atoms with Gasteiger partial charge in [0.2, 0.25) is 0 Å². The fourth-order valence-corrected chi connectivity index (χ4v) is 3.88. The van der Waals surface area contributed by atoms with Gasteiger partial charge in [-0.1, -0.05) is 41.4 Å². The fraction of sp³-hybridized carbons (Fsp3) is 0.208. The summed E-state index contributed by atoms with van der Waals surface area (Å²) in [6.07, 6.45) is 2.20. The summed E-state index contributed by atoms with van der Waals surface area (Å²) in [4.78, 5) is 18.2. The molecular formula is C24H21ClN4O. The van der Waals surface area contributed by atoms with E-state index in [-0.39, 0.29) is 5.91 Å². The quantitative estimate of drug-likeness (QED) is 0.456. The molecule has 0 aliphatic heterocycles. The highest BCUT2D eigenvalue weighted by Crippen LogP contribution is 2.41. The minimum absolute atomic E-state index is 0.205. The van der Waals surface area contributed by atoms with E-state index >= 15 is 0 Å². The predicted molar refractivity (Wildman–Crippen MR) is 120 cm³/mol. The maximum Gasteiger partial charge on any atom is 0.256 e. The number of anilines is 1. The number of halogens is 1. The van der Waals surface area contributed by atoms with Crippen LogP contribution in [0.4, 0.5) is 5.69 Å². The number of rotatable bonds is 4. The molecule has 4 aromatic rings. The number of benzene rings is 2. The van der Waals surface area contributed by atoms with Crippen LogP contribution in [-0.4, -0.2) is 20.7 Å². The van der Waals surface area contributed by atoms with Gasteiger partial charge >= 0.3 is 0 Å². The molecule has 2 heterocycles. The summed E-state index contributed by atoms with van der Waals surface area (Å²) in [5.41, 5.74) is 5.70. The molecule has 5 nitrogen and oxygen atoms in total. The number of carbonyl (C=O) groups excluding carboxylic acids is 1. The Bertz CT molecular complexity index is 1270. The Labute approximate surface area is 179 Å². The van der Waals surface area contributed by atoms with Crippen LogP contribution in [0.3, 0.4) is 0 Å². The lowest BCUT2D eigenvalue weighted by atomic mass is 10.1. The first-order valence-corrected chi connectivity index (χ1v) is 10.4. The van der Waals surface area contributed by atoms with Crippen molar-refractivity contribution in [1.82, 2.24) is 14.8 Å². The van der Waals surface area contributed by atoms with Crippen molar-refractivity contribution < 1.29 is 4.79 Å². The Morgan fingerprint density at radius 2 is 1.83 bits per heavy atom. The third-order valence-corrected chi connectivity index (χ3v) is 5.80. The van der Waals surface area contributed by atoms with E-state index in [1.807, 2.05) is 54.1 Å². The van der Waals surface area contributed by atoms with E-state index in [4.69, 9.17) is 21.7 Å². The van der Waals surface area contributed by atoms with Crippen molar-refractivity contribution in [2.24, 2.45) is 0 Å². The summed E-state index contributed by atoms with van der Waals surface area (Å²) in [6.45, 7) is 3.97. The lowest BCUT2D eigenvalue weighted by Gasteiger charge is -2.10. The largest absolute Gasteiger partial charge is 0.321 e. The van der Waals surface area contributed by atoms with Crippen LogP contribution in [0.15, 0.2) is 54.6 Å². The SMILES string of the molecule is Cc1ccc(-n2nc(C)c3c(C(=O)Nc4ccccc4Cl)cc(C4CC4)nc32)cc1. The Balaban J connectivity index is 1.67. The molecular weight excluding hydrogens is 396 g/mol. The van der Waals surface area contributed by atoms with Crippen LogP contribution in [0, 0.1) is 13.8 Å². The van der Waals surface area contributed by atoms with Crippen LogP contribution >= 0.6 is 11.6 Å². The number of para-hydroxylation sites is 1. The first kappa shape index (κ1) is 18.8. The van der Waals surface area contributed by atoms with E-state index in [0.717, 1.165) is 35.3 Å². The topological polar surface area (TPSA) is 59.8 Å². The molecule has 1 aliphatic carbocycles. The number of hydrogen-bond donors (Lipinski definition) is 1. The van der Waals surface area contributed by atoms with Gasteiger partial charge in [0.05, 0.1) is 33.0 Å². The second-order valence-corrected chi connectivity index (χ2v) is 8.24. The highest BCUT2D eigenvalue weighted by molar-refractivity contribution is 6.34. The molecule has 1 saturated carbocycles. The van der Waals surface area contributed by atoms with Gasteiger partial charge in [0.1, 0.15) is 0 Å². The van der Waals surface area contributed by atoms with E-state index in [1.165, 1.54) is 5.56 Å². The van der Waals surface area contributed by atoms with Crippen LogP contribution in [-0.2, 0) is 0 Å². The Morgan fingerprint density at radius 1 is 1.10 bits per heavy atom. The highest BCUT2D eigenvalue weighted by Gasteiger charge is 2.29. The number of hydrogen-bond acceptors (Lipinski definition) is 3. The Hall–Kier alpha value is -3.18. The average Bonchev–Trinajstić information content (AvgIpc) is 3.54. The lowest BCUT2D eigenvalue weighted by molar-refractivity contribution is 0.102. The molecule has 150 valence electrons. The van der Waals surface area contributed by atoms with Crippen molar-refractivity contribution in [2.45, 2.75) is 32.6 Å². The van der Waals surface area contributed by atoms with Crippen LogP contribution in [0.2, 0.25) is 5.02 Å². The van der Waals surface area contributed by atoms with Crippen LogP contribution in [0.5, 0.6) is 0 Å². The summed E-state index contributed by atoms with van der Waals surface area (Å²) < 4.78 is 1.84. The molecule has 2 aromatic carbocycles. The van der Waals surface area contributed by atoms with Gasteiger partial charge in [-0.3, -0.25) is 4.79 Å². The average molecular weight is 417 g/mol. The van der Waals surface area contributed by atoms with Crippen LogP contribution in [0.25, 0.3) is 16.7 Å². The smallest absolute Gasteiger partial charge is 0.256 e. The minimum atomic E-state index is -0.205. The van der Waals surface area contributed by atoms with Gasteiger partial charge in [-0.15, -0.1) is 0 Å². The maximum atomic E-state index is 13.3. The van der Waals surface area contributed by atoms with E-state index in [1.54, 1.807) is 12.1 Å². The second-order valence-electron chi connectivity index (χ2n) is 7.83. The molecule has 0 radical (unpaired) electrons. The molecule has 1 fully saturated rings. The first-order chi connectivity index (χ1) is 14.5. The van der Waals surface area contributed by atoms with Crippen molar-refractivity contribution in [1.29, 1.82) is 0 Å². The third kappa shape index (κ3) is 3.35. The van der Waals surface area contributed by atoms with Gasteiger partial charge in [-0.25, -0.2) is 9.67 Å². The summed E-state index contributed by atoms with van der Waals surface area (Å²) >= 11 is 6.25. The molecule has 0 spiro atoms. The Kier molecular flexibility index (Phi) is 4.55. The number of nitrogens with zero attached hydrogens (tertiary/aromatic N) is 3. The monoisotopic (exact) mass is 416 g/mol. The normalized spacial score (nSPS) is 13.6. The number of amides is 1. The lowest BCUT2D eigenvalue weighted by Crippen LogP contribution is -2.14. The van der Waals surface area contributed by atoms with E-state index in [0.29, 0.717) is 27.8 Å². The standard InChI is InChI=1S/C24H21ClN4O/c1-14-7-11-17(12-8-14)29-23-22(15(2)28-29)18(13-21(26-23)16-9-10-16)24(30)27-20-6-4-3-5-19(20)25/h3-8,11-13,16H,9-10H2,1-2H3,(H,27,30). The zero-order valence-corrected chi connectivity index (χ0v) is 17.6. The minimum Gasteiger partial charge on any atom is -0.321 e. The first-order valence-electron chi connectivity index (χ1n) is 10.0. The van der Waals surface area contributed by atoms with Crippen LogP contribution in [0.1, 0.15) is 46.1 Å². The van der Waals surface area contributed by atoms with E-state index in [9.17, 15) is 4.79 Å². The molecule has 0 saturated heterocycles. The molecule has 30 heavy (non-hydrogen) atoms. The van der Waals surface area contributed by atoms with Gasteiger partial charge in [-0.05, 0) is 57.0 Å². The van der Waals surface area contributed by atoms with E-state index < -0.39 is 0 Å². The van der Waals surface area contributed by atoms with E-state index in [2.05, 4.69) is 12.2 Å². The molecule has 5 rings (SSSR count). The van der Waals surface area contributed by atoms with Gasteiger partial charge in [0, 0.05) is 11.6 Å². The van der Waals surface area contributed by atoms with Gasteiger partial charge in [-0.2, -0.15) is 5.10 Å². The molecule has 1 N–H and O–H groups in total.